The van der Waals surface area contributed by atoms with Crippen molar-refractivity contribution in [3.05, 3.63) is 0 Å². The summed E-state index contributed by atoms with van der Waals surface area (Å²) in [6, 6.07) is 0. The average molecular weight is 267 g/mol. The zero-order valence-electron chi connectivity index (χ0n) is 8.30. The fourth-order valence-electron chi connectivity index (χ4n) is 0.572. The zero-order valence-corrected chi connectivity index (χ0v) is 9.89. The van der Waals surface area contributed by atoms with Crippen molar-refractivity contribution in [2.75, 3.05) is 11.9 Å². The van der Waals surface area contributed by atoms with Gasteiger partial charge < -0.3 is 15.8 Å². The molecule has 5 nitrogen and oxygen atoms in total. The lowest BCUT2D eigenvalue weighted by atomic mass is 10.1. The number of alkyl carbamates (subject to hydrolysis) is 1. The molecule has 0 aliphatic carbocycles. The SMILES string of the molecule is CC(C)(NC(=O)OCCCBr)C(N)=O. The molecule has 0 saturated heterocycles. The standard InChI is InChI=1S/C8H15BrN2O3/c1-8(2,6(10)12)11-7(13)14-5-3-4-9/h3-5H2,1-2H3,(H2,10,12)(H,11,13). The molecule has 0 bridgehead atoms. The van der Waals surface area contributed by atoms with Crippen LogP contribution in [-0.2, 0) is 9.53 Å². The molecule has 0 aromatic carbocycles. The number of nitrogens with two attached hydrogens (primary N) is 1. The highest BCUT2D eigenvalue weighted by atomic mass is 79.9. The monoisotopic (exact) mass is 266 g/mol. The molecule has 6 heteroatoms. The number of hydrogen-bond donors (Lipinski definition) is 2. The topological polar surface area (TPSA) is 81.4 Å². The summed E-state index contributed by atoms with van der Waals surface area (Å²) in [6.07, 6.45) is 0.0967. The smallest absolute Gasteiger partial charge is 0.407 e. The van der Waals surface area contributed by atoms with Gasteiger partial charge in [0.2, 0.25) is 5.91 Å². The highest BCUT2D eigenvalue weighted by Gasteiger charge is 2.27. The number of rotatable bonds is 5. The first kappa shape index (κ1) is 13.2. The third-order valence-electron chi connectivity index (χ3n) is 1.54. The van der Waals surface area contributed by atoms with Crippen LogP contribution in [0.1, 0.15) is 20.3 Å². The Balaban J connectivity index is 3.88. The highest BCUT2D eigenvalue weighted by Crippen LogP contribution is 2.00. The Labute approximate surface area is 91.5 Å². The summed E-state index contributed by atoms with van der Waals surface area (Å²) in [6.45, 7) is 3.34. The van der Waals surface area contributed by atoms with Crippen LogP contribution in [0.15, 0.2) is 0 Å². The van der Waals surface area contributed by atoms with Gasteiger partial charge in [0.25, 0.3) is 0 Å². The molecule has 0 unspecified atom stereocenters. The molecule has 0 radical (unpaired) electrons. The van der Waals surface area contributed by atoms with E-state index < -0.39 is 17.5 Å². The number of ether oxygens (including phenoxy) is 1. The van der Waals surface area contributed by atoms with E-state index in [1.165, 1.54) is 13.8 Å². The number of carbonyl (C=O) groups excluding carboxylic acids is 2. The van der Waals surface area contributed by atoms with Crippen molar-refractivity contribution in [2.24, 2.45) is 5.73 Å². The molecule has 0 saturated carbocycles. The van der Waals surface area contributed by atoms with Crippen LogP contribution in [0.4, 0.5) is 4.79 Å². The maximum atomic E-state index is 11.1. The summed E-state index contributed by atoms with van der Waals surface area (Å²) in [5.74, 6) is -0.602. The van der Waals surface area contributed by atoms with E-state index >= 15 is 0 Å². The minimum atomic E-state index is -1.08. The Morgan fingerprint density at radius 3 is 2.50 bits per heavy atom. The fourth-order valence-corrected chi connectivity index (χ4v) is 0.801. The van der Waals surface area contributed by atoms with Crippen molar-refractivity contribution in [1.82, 2.24) is 5.32 Å². The molecule has 0 aromatic heterocycles. The van der Waals surface area contributed by atoms with E-state index in [4.69, 9.17) is 10.5 Å². The van der Waals surface area contributed by atoms with Crippen LogP contribution >= 0.6 is 15.9 Å². The number of alkyl halides is 1. The lowest BCUT2D eigenvalue weighted by Crippen LogP contribution is -2.53. The fraction of sp³-hybridized carbons (Fsp3) is 0.750. The number of carbonyl (C=O) groups is 2. The second-order valence-electron chi connectivity index (χ2n) is 3.29. The Kier molecular flexibility index (Phi) is 5.52. The summed E-state index contributed by atoms with van der Waals surface area (Å²) >= 11 is 3.20. The summed E-state index contributed by atoms with van der Waals surface area (Å²) in [4.78, 5) is 21.9. The number of hydrogen-bond acceptors (Lipinski definition) is 3. The average Bonchev–Trinajstić information content (AvgIpc) is 2.03. The molecule has 0 rings (SSSR count). The first-order valence-corrected chi connectivity index (χ1v) is 5.33. The van der Waals surface area contributed by atoms with E-state index in [0.717, 1.165) is 11.8 Å². The van der Waals surface area contributed by atoms with Gasteiger partial charge >= 0.3 is 6.09 Å². The Morgan fingerprint density at radius 2 is 2.07 bits per heavy atom. The van der Waals surface area contributed by atoms with E-state index in [1.54, 1.807) is 0 Å². The zero-order chi connectivity index (χ0) is 11.2. The molecule has 0 spiro atoms. The predicted octanol–water partition coefficient (Wildman–Crippen LogP) is 0.762. The molecule has 0 atom stereocenters. The highest BCUT2D eigenvalue weighted by molar-refractivity contribution is 9.09. The third kappa shape index (κ3) is 5.06. The Bertz CT molecular complexity index is 219. The Hall–Kier alpha value is -0.780. The molecule has 0 heterocycles. The number of halogens is 1. The second kappa shape index (κ2) is 5.85. The molecular formula is C8H15BrN2O3. The lowest BCUT2D eigenvalue weighted by Gasteiger charge is -2.21. The van der Waals surface area contributed by atoms with Crippen LogP contribution in [0.5, 0.6) is 0 Å². The first-order chi connectivity index (χ1) is 6.40. The summed E-state index contributed by atoms with van der Waals surface area (Å²) in [5.41, 5.74) is 3.98. The van der Waals surface area contributed by atoms with Crippen LogP contribution in [0.2, 0.25) is 0 Å². The van der Waals surface area contributed by atoms with E-state index in [1.807, 2.05) is 0 Å². The van der Waals surface area contributed by atoms with Crippen LogP contribution in [0, 0.1) is 0 Å². The van der Waals surface area contributed by atoms with Gasteiger partial charge in [0.05, 0.1) is 6.61 Å². The van der Waals surface area contributed by atoms with E-state index in [0.29, 0.717) is 6.61 Å². The van der Waals surface area contributed by atoms with E-state index in [-0.39, 0.29) is 0 Å². The predicted molar refractivity (Wildman–Crippen MR) is 56.2 cm³/mol. The summed E-state index contributed by atoms with van der Waals surface area (Å²) in [5, 5.41) is 3.13. The van der Waals surface area contributed by atoms with Gasteiger partial charge in [-0.25, -0.2) is 4.79 Å². The molecule has 0 aliphatic rings. The van der Waals surface area contributed by atoms with E-state index in [2.05, 4.69) is 21.2 Å². The van der Waals surface area contributed by atoms with Gasteiger partial charge in [0, 0.05) is 5.33 Å². The van der Waals surface area contributed by atoms with Crippen LogP contribution in [0.25, 0.3) is 0 Å². The quantitative estimate of drug-likeness (QED) is 0.570. The van der Waals surface area contributed by atoms with Gasteiger partial charge in [-0.05, 0) is 20.3 Å². The van der Waals surface area contributed by atoms with Crippen LogP contribution in [0.3, 0.4) is 0 Å². The van der Waals surface area contributed by atoms with Crippen molar-refractivity contribution in [3.63, 3.8) is 0 Å². The maximum absolute atomic E-state index is 11.1. The molecule has 82 valence electrons. The largest absolute Gasteiger partial charge is 0.450 e. The second-order valence-corrected chi connectivity index (χ2v) is 4.09. The van der Waals surface area contributed by atoms with Gasteiger partial charge in [-0.3, -0.25) is 4.79 Å². The number of amides is 2. The third-order valence-corrected chi connectivity index (χ3v) is 2.10. The van der Waals surface area contributed by atoms with Crippen molar-refractivity contribution >= 4 is 27.9 Å². The normalized spacial score (nSPS) is 10.8. The van der Waals surface area contributed by atoms with Gasteiger partial charge in [-0.15, -0.1) is 0 Å². The van der Waals surface area contributed by atoms with Gasteiger partial charge in [-0.1, -0.05) is 15.9 Å². The van der Waals surface area contributed by atoms with Crippen LogP contribution in [-0.4, -0.2) is 29.5 Å². The maximum Gasteiger partial charge on any atom is 0.407 e. The Morgan fingerprint density at radius 1 is 1.50 bits per heavy atom. The first-order valence-electron chi connectivity index (χ1n) is 4.21. The van der Waals surface area contributed by atoms with Crippen molar-refractivity contribution in [3.8, 4) is 0 Å². The van der Waals surface area contributed by atoms with Crippen molar-refractivity contribution in [2.45, 2.75) is 25.8 Å². The van der Waals surface area contributed by atoms with E-state index in [9.17, 15) is 9.59 Å². The van der Waals surface area contributed by atoms with Crippen LogP contribution < -0.4 is 11.1 Å². The number of nitrogens with one attached hydrogen (secondary N) is 1. The lowest BCUT2D eigenvalue weighted by molar-refractivity contribution is -0.123. The number of primary amides is 1. The molecular weight excluding hydrogens is 252 g/mol. The summed E-state index contributed by atoms with van der Waals surface area (Å²) < 4.78 is 4.78. The van der Waals surface area contributed by atoms with Crippen molar-refractivity contribution in [1.29, 1.82) is 0 Å². The van der Waals surface area contributed by atoms with Gasteiger partial charge in [-0.2, -0.15) is 0 Å². The molecule has 0 fully saturated rings. The molecule has 0 aliphatic heterocycles. The van der Waals surface area contributed by atoms with Crippen molar-refractivity contribution < 1.29 is 14.3 Å². The summed E-state index contributed by atoms with van der Waals surface area (Å²) in [7, 11) is 0. The molecule has 2 amide bonds. The van der Waals surface area contributed by atoms with Gasteiger partial charge in [0.1, 0.15) is 5.54 Å². The minimum absolute atomic E-state index is 0.311. The van der Waals surface area contributed by atoms with Gasteiger partial charge in [0.15, 0.2) is 0 Å². The molecule has 0 aromatic rings. The molecule has 3 N–H and O–H groups in total. The minimum Gasteiger partial charge on any atom is -0.450 e. The molecule has 14 heavy (non-hydrogen) atoms.